The SMILES string of the molecule is Cc1nccn1-c1cc(NS(=O)(=O)c2cccs2)ncn1. The second kappa shape index (κ2) is 5.26. The van der Waals surface area contributed by atoms with Crippen LogP contribution in [0.25, 0.3) is 5.82 Å². The lowest BCUT2D eigenvalue weighted by atomic mass is 10.5. The summed E-state index contributed by atoms with van der Waals surface area (Å²) in [5.41, 5.74) is 0. The zero-order valence-electron chi connectivity index (χ0n) is 11.0. The number of nitrogens with zero attached hydrogens (tertiary/aromatic N) is 4. The van der Waals surface area contributed by atoms with E-state index in [0.29, 0.717) is 5.82 Å². The largest absolute Gasteiger partial charge is 0.288 e. The molecule has 9 heteroatoms. The number of anilines is 1. The van der Waals surface area contributed by atoms with Crippen LogP contribution in [0, 0.1) is 6.92 Å². The minimum absolute atomic E-state index is 0.210. The Hall–Kier alpha value is -2.26. The van der Waals surface area contributed by atoms with Gasteiger partial charge in [0.2, 0.25) is 0 Å². The molecule has 0 unspecified atom stereocenters. The van der Waals surface area contributed by atoms with E-state index in [1.165, 1.54) is 12.4 Å². The van der Waals surface area contributed by atoms with Crippen molar-refractivity contribution < 1.29 is 8.42 Å². The maximum Gasteiger partial charge on any atom is 0.272 e. The van der Waals surface area contributed by atoms with E-state index in [2.05, 4.69) is 19.7 Å². The van der Waals surface area contributed by atoms with Crippen molar-refractivity contribution in [3.8, 4) is 5.82 Å². The summed E-state index contributed by atoms with van der Waals surface area (Å²) in [4.78, 5) is 12.2. The first kappa shape index (κ1) is 13.7. The maximum atomic E-state index is 12.1. The fourth-order valence-electron chi connectivity index (χ4n) is 1.76. The van der Waals surface area contributed by atoms with Gasteiger partial charge in [0.1, 0.15) is 28.0 Å². The molecule has 3 aromatic rings. The van der Waals surface area contributed by atoms with Crippen LogP contribution < -0.4 is 4.72 Å². The molecule has 3 heterocycles. The molecule has 0 amide bonds. The van der Waals surface area contributed by atoms with E-state index < -0.39 is 10.0 Å². The minimum atomic E-state index is -3.61. The summed E-state index contributed by atoms with van der Waals surface area (Å²) < 4.78 is 28.7. The van der Waals surface area contributed by atoms with Crippen LogP contribution in [0.5, 0.6) is 0 Å². The van der Waals surface area contributed by atoms with E-state index in [9.17, 15) is 8.42 Å². The van der Waals surface area contributed by atoms with Gasteiger partial charge in [0.25, 0.3) is 10.0 Å². The zero-order chi connectivity index (χ0) is 14.9. The van der Waals surface area contributed by atoms with Gasteiger partial charge in [0.15, 0.2) is 0 Å². The highest BCUT2D eigenvalue weighted by Crippen LogP contribution is 2.19. The molecule has 3 rings (SSSR count). The first-order valence-corrected chi connectivity index (χ1v) is 8.31. The van der Waals surface area contributed by atoms with Crippen molar-refractivity contribution in [1.29, 1.82) is 0 Å². The Bertz CT molecular complexity index is 855. The fourth-order valence-corrected chi connectivity index (χ4v) is 3.75. The van der Waals surface area contributed by atoms with Crippen molar-refractivity contribution in [2.75, 3.05) is 4.72 Å². The molecule has 0 bridgehead atoms. The molecule has 0 aliphatic carbocycles. The summed E-state index contributed by atoms with van der Waals surface area (Å²) in [6.07, 6.45) is 4.70. The Labute approximate surface area is 125 Å². The van der Waals surface area contributed by atoms with Gasteiger partial charge in [-0.05, 0) is 18.4 Å². The Morgan fingerprint density at radius 1 is 1.29 bits per heavy atom. The summed E-state index contributed by atoms with van der Waals surface area (Å²) >= 11 is 1.14. The van der Waals surface area contributed by atoms with Gasteiger partial charge >= 0.3 is 0 Å². The molecule has 0 aromatic carbocycles. The average molecular weight is 321 g/mol. The third-order valence-electron chi connectivity index (χ3n) is 2.72. The topological polar surface area (TPSA) is 89.8 Å². The van der Waals surface area contributed by atoms with Gasteiger partial charge in [-0.1, -0.05) is 6.07 Å². The molecule has 0 aliphatic rings. The van der Waals surface area contributed by atoms with Crippen molar-refractivity contribution in [3.05, 3.63) is 48.1 Å². The number of sulfonamides is 1. The Balaban J connectivity index is 1.93. The van der Waals surface area contributed by atoms with Crippen molar-refractivity contribution in [2.24, 2.45) is 0 Å². The summed E-state index contributed by atoms with van der Waals surface area (Å²) in [5.74, 6) is 1.51. The highest BCUT2D eigenvalue weighted by molar-refractivity contribution is 7.94. The lowest BCUT2D eigenvalue weighted by molar-refractivity contribution is 0.603. The molecule has 7 nitrogen and oxygen atoms in total. The van der Waals surface area contributed by atoms with E-state index in [-0.39, 0.29) is 10.0 Å². The van der Waals surface area contributed by atoms with Crippen LogP contribution in [0.4, 0.5) is 5.82 Å². The second-order valence-electron chi connectivity index (χ2n) is 4.14. The van der Waals surface area contributed by atoms with Crippen molar-refractivity contribution in [1.82, 2.24) is 19.5 Å². The number of imidazole rings is 1. The zero-order valence-corrected chi connectivity index (χ0v) is 12.6. The Morgan fingerprint density at radius 2 is 2.14 bits per heavy atom. The summed E-state index contributed by atoms with van der Waals surface area (Å²) in [6.45, 7) is 1.83. The van der Waals surface area contributed by atoms with E-state index in [4.69, 9.17) is 0 Å². The monoisotopic (exact) mass is 321 g/mol. The number of nitrogens with one attached hydrogen (secondary N) is 1. The number of hydrogen-bond donors (Lipinski definition) is 1. The Kier molecular flexibility index (Phi) is 3.43. The predicted molar refractivity (Wildman–Crippen MR) is 79.0 cm³/mol. The highest BCUT2D eigenvalue weighted by Gasteiger charge is 2.16. The second-order valence-corrected chi connectivity index (χ2v) is 7.00. The molecule has 3 aromatic heterocycles. The molecule has 0 saturated carbocycles. The predicted octanol–water partition coefficient (Wildman–Crippen LogP) is 1.83. The standard InChI is InChI=1S/C12H11N5O2S2/c1-9-13-4-5-17(9)11-7-10(14-8-15-11)16-21(18,19)12-3-2-6-20-12/h2-8H,1H3,(H,14,15,16). The van der Waals surface area contributed by atoms with Crippen LogP contribution in [-0.4, -0.2) is 27.9 Å². The van der Waals surface area contributed by atoms with E-state index in [1.807, 2.05) is 6.92 Å². The number of aryl methyl sites for hydroxylation is 1. The summed E-state index contributed by atoms with van der Waals surface area (Å²) in [6, 6.07) is 4.77. The molecule has 21 heavy (non-hydrogen) atoms. The van der Waals surface area contributed by atoms with Gasteiger partial charge in [0.05, 0.1) is 0 Å². The van der Waals surface area contributed by atoms with Gasteiger partial charge in [-0.25, -0.2) is 23.4 Å². The molecule has 0 spiro atoms. The smallest absolute Gasteiger partial charge is 0.272 e. The minimum Gasteiger partial charge on any atom is -0.288 e. The van der Waals surface area contributed by atoms with E-state index in [1.54, 1.807) is 34.5 Å². The lowest BCUT2D eigenvalue weighted by Gasteiger charge is -2.08. The number of aromatic nitrogens is 4. The average Bonchev–Trinajstić information content (AvgIpc) is 3.09. The molecule has 1 N–H and O–H groups in total. The first-order chi connectivity index (χ1) is 10.1. The molecule has 0 fully saturated rings. The molecule has 0 saturated heterocycles. The van der Waals surface area contributed by atoms with Crippen LogP contribution in [0.1, 0.15) is 5.82 Å². The summed E-state index contributed by atoms with van der Waals surface area (Å²) in [5, 5.41) is 1.70. The van der Waals surface area contributed by atoms with Crippen LogP contribution in [-0.2, 0) is 10.0 Å². The van der Waals surface area contributed by atoms with E-state index in [0.717, 1.165) is 17.2 Å². The maximum absolute atomic E-state index is 12.1. The lowest BCUT2D eigenvalue weighted by Crippen LogP contribution is -2.13. The van der Waals surface area contributed by atoms with Gasteiger partial charge in [-0.15, -0.1) is 11.3 Å². The van der Waals surface area contributed by atoms with Crippen molar-refractivity contribution in [2.45, 2.75) is 11.1 Å². The van der Waals surface area contributed by atoms with Gasteiger partial charge < -0.3 is 0 Å². The Morgan fingerprint density at radius 3 is 2.81 bits per heavy atom. The van der Waals surface area contributed by atoms with Crippen LogP contribution in [0.3, 0.4) is 0 Å². The van der Waals surface area contributed by atoms with Gasteiger partial charge in [-0.2, -0.15) is 0 Å². The van der Waals surface area contributed by atoms with Gasteiger partial charge in [0, 0.05) is 18.5 Å². The highest BCUT2D eigenvalue weighted by atomic mass is 32.2. The van der Waals surface area contributed by atoms with Crippen molar-refractivity contribution in [3.63, 3.8) is 0 Å². The third kappa shape index (κ3) is 2.78. The van der Waals surface area contributed by atoms with Gasteiger partial charge in [-0.3, -0.25) is 9.29 Å². The van der Waals surface area contributed by atoms with E-state index >= 15 is 0 Å². The van der Waals surface area contributed by atoms with Crippen LogP contribution in [0.2, 0.25) is 0 Å². The number of hydrogen-bond acceptors (Lipinski definition) is 6. The summed E-state index contributed by atoms with van der Waals surface area (Å²) in [7, 11) is -3.61. The third-order valence-corrected chi connectivity index (χ3v) is 5.48. The molecule has 0 atom stereocenters. The first-order valence-electron chi connectivity index (χ1n) is 5.95. The molecule has 108 valence electrons. The normalized spacial score (nSPS) is 11.5. The molecular formula is C12H11N5O2S2. The van der Waals surface area contributed by atoms with Crippen LogP contribution >= 0.6 is 11.3 Å². The molecular weight excluding hydrogens is 310 g/mol. The quantitative estimate of drug-likeness (QED) is 0.792. The van der Waals surface area contributed by atoms with Crippen LogP contribution in [0.15, 0.2) is 46.5 Å². The molecule has 0 aliphatic heterocycles. The number of thiophene rings is 1. The van der Waals surface area contributed by atoms with Crippen molar-refractivity contribution >= 4 is 27.2 Å². The molecule has 0 radical (unpaired) electrons. The number of rotatable bonds is 4. The fraction of sp³-hybridized carbons (Fsp3) is 0.0833.